The smallest absolute Gasteiger partial charge is 0.119 e. The Kier molecular flexibility index (Phi) is 7.86. The van der Waals surface area contributed by atoms with Gasteiger partial charge >= 0.3 is 0 Å². The lowest BCUT2D eigenvalue weighted by atomic mass is 10.1. The second-order valence-corrected chi connectivity index (χ2v) is 6.65. The third-order valence-corrected chi connectivity index (χ3v) is 4.23. The molecule has 1 aromatic carbocycles. The fourth-order valence-electron chi connectivity index (χ4n) is 2.94. The lowest BCUT2D eigenvalue weighted by Crippen LogP contribution is -2.46. The Morgan fingerprint density at radius 2 is 1.87 bits per heavy atom. The summed E-state index contributed by atoms with van der Waals surface area (Å²) in [6, 6.07) is 9.02. The van der Waals surface area contributed by atoms with Crippen LogP contribution >= 0.6 is 0 Å². The molecule has 1 unspecified atom stereocenters. The summed E-state index contributed by atoms with van der Waals surface area (Å²) < 4.78 is 5.76. The number of piperazine rings is 1. The third kappa shape index (κ3) is 6.50. The van der Waals surface area contributed by atoms with Crippen molar-refractivity contribution in [3.63, 3.8) is 0 Å². The number of ether oxygens (including phenoxy) is 1. The van der Waals surface area contributed by atoms with Crippen LogP contribution in [0.25, 0.3) is 0 Å². The van der Waals surface area contributed by atoms with Crippen molar-refractivity contribution in [1.82, 2.24) is 15.5 Å². The average Bonchev–Trinajstić information content (AvgIpc) is 2.55. The molecule has 0 radical (unpaired) electrons. The first kappa shape index (κ1) is 18.2. The van der Waals surface area contributed by atoms with E-state index in [1.807, 2.05) is 0 Å². The predicted octanol–water partition coefficient (Wildman–Crippen LogP) is 2.81. The first-order valence-corrected chi connectivity index (χ1v) is 9.12. The second kappa shape index (κ2) is 9.91. The van der Waals surface area contributed by atoms with Gasteiger partial charge in [-0.3, -0.25) is 4.90 Å². The molecule has 1 aliphatic rings. The molecule has 2 N–H and O–H groups in total. The zero-order valence-electron chi connectivity index (χ0n) is 15.0. The summed E-state index contributed by atoms with van der Waals surface area (Å²) in [5, 5.41) is 7.17. The number of hydrogen-bond donors (Lipinski definition) is 2. The highest BCUT2D eigenvalue weighted by Gasteiger charge is 2.17. The zero-order valence-corrected chi connectivity index (χ0v) is 15.0. The zero-order chi connectivity index (χ0) is 16.5. The Morgan fingerprint density at radius 1 is 1.17 bits per heavy atom. The maximum absolute atomic E-state index is 5.76. The monoisotopic (exact) mass is 319 g/mol. The van der Waals surface area contributed by atoms with Crippen LogP contribution in [0.2, 0.25) is 0 Å². The molecule has 0 amide bonds. The number of nitrogens with zero attached hydrogens (tertiary/aromatic N) is 1. The Balaban J connectivity index is 1.99. The van der Waals surface area contributed by atoms with Crippen LogP contribution in [-0.2, 0) is 0 Å². The van der Waals surface area contributed by atoms with Crippen molar-refractivity contribution in [2.45, 2.75) is 45.8 Å². The number of hydrogen-bond acceptors (Lipinski definition) is 4. The van der Waals surface area contributed by atoms with Gasteiger partial charge in [-0.05, 0) is 44.5 Å². The van der Waals surface area contributed by atoms with Gasteiger partial charge in [-0.1, -0.05) is 25.5 Å². The van der Waals surface area contributed by atoms with Crippen LogP contribution in [0.15, 0.2) is 24.3 Å². The van der Waals surface area contributed by atoms with Crippen molar-refractivity contribution in [3.05, 3.63) is 29.8 Å². The van der Waals surface area contributed by atoms with Crippen LogP contribution in [0, 0.1) is 0 Å². The van der Waals surface area contributed by atoms with E-state index >= 15 is 0 Å². The van der Waals surface area contributed by atoms with Gasteiger partial charge in [-0.2, -0.15) is 0 Å². The van der Waals surface area contributed by atoms with E-state index in [9.17, 15) is 0 Å². The number of nitrogens with one attached hydrogen (secondary N) is 2. The highest BCUT2D eigenvalue weighted by Crippen LogP contribution is 2.20. The summed E-state index contributed by atoms with van der Waals surface area (Å²) in [7, 11) is 0. The summed E-state index contributed by atoms with van der Waals surface area (Å²) >= 11 is 0. The van der Waals surface area contributed by atoms with Crippen molar-refractivity contribution in [2.24, 2.45) is 0 Å². The molecule has 4 heteroatoms. The number of rotatable bonds is 9. The van der Waals surface area contributed by atoms with Crippen molar-refractivity contribution in [1.29, 1.82) is 0 Å². The van der Waals surface area contributed by atoms with E-state index in [1.165, 1.54) is 18.4 Å². The van der Waals surface area contributed by atoms with Gasteiger partial charge in [0, 0.05) is 38.8 Å². The molecule has 0 saturated carbocycles. The Morgan fingerprint density at radius 3 is 2.48 bits per heavy atom. The lowest BCUT2D eigenvalue weighted by Gasteiger charge is -2.31. The van der Waals surface area contributed by atoms with Crippen LogP contribution in [0.1, 0.15) is 45.2 Å². The largest absolute Gasteiger partial charge is 0.491 e. The average molecular weight is 319 g/mol. The minimum atomic E-state index is 0.222. The Bertz CT molecular complexity index is 427. The fraction of sp³-hybridized carbons (Fsp3) is 0.684. The van der Waals surface area contributed by atoms with Crippen LogP contribution in [0.3, 0.4) is 0 Å². The molecule has 130 valence electrons. The van der Waals surface area contributed by atoms with Crippen molar-refractivity contribution in [2.75, 3.05) is 39.3 Å². The lowest BCUT2D eigenvalue weighted by molar-refractivity contribution is 0.215. The van der Waals surface area contributed by atoms with E-state index < -0.39 is 0 Å². The molecule has 0 aliphatic carbocycles. The fourth-order valence-corrected chi connectivity index (χ4v) is 2.94. The minimum absolute atomic E-state index is 0.222. The summed E-state index contributed by atoms with van der Waals surface area (Å²) in [4.78, 5) is 2.55. The van der Waals surface area contributed by atoms with Gasteiger partial charge in [0.25, 0.3) is 0 Å². The van der Waals surface area contributed by atoms with Gasteiger partial charge in [0.15, 0.2) is 0 Å². The molecule has 0 spiro atoms. The van der Waals surface area contributed by atoms with Gasteiger partial charge in [-0.25, -0.2) is 0 Å². The van der Waals surface area contributed by atoms with E-state index in [1.54, 1.807) is 0 Å². The Hall–Kier alpha value is -1.10. The minimum Gasteiger partial charge on any atom is -0.491 e. The molecule has 1 aliphatic heterocycles. The predicted molar refractivity (Wildman–Crippen MR) is 97.2 cm³/mol. The standard InChI is InChI=1S/C19H33N3O/c1-4-5-10-21-19(15-22-13-11-20-12-14-22)17-6-8-18(9-7-17)23-16(2)3/h6-9,16,19-21H,4-5,10-15H2,1-3H3. The van der Waals surface area contributed by atoms with E-state index in [2.05, 4.69) is 60.6 Å². The maximum atomic E-state index is 5.76. The van der Waals surface area contributed by atoms with Crippen molar-refractivity contribution in [3.8, 4) is 5.75 Å². The molecule has 1 heterocycles. The topological polar surface area (TPSA) is 36.5 Å². The molecule has 1 atom stereocenters. The van der Waals surface area contributed by atoms with Crippen molar-refractivity contribution >= 4 is 0 Å². The van der Waals surface area contributed by atoms with Crippen molar-refractivity contribution < 1.29 is 4.74 Å². The van der Waals surface area contributed by atoms with Gasteiger partial charge < -0.3 is 15.4 Å². The molecular weight excluding hydrogens is 286 g/mol. The molecule has 23 heavy (non-hydrogen) atoms. The van der Waals surface area contributed by atoms with Gasteiger partial charge in [-0.15, -0.1) is 0 Å². The Labute approximate surface area is 141 Å². The second-order valence-electron chi connectivity index (χ2n) is 6.65. The molecule has 0 bridgehead atoms. The normalized spacial score (nSPS) is 17.4. The molecule has 1 aromatic rings. The first-order valence-electron chi connectivity index (χ1n) is 9.12. The SMILES string of the molecule is CCCCNC(CN1CCNCC1)c1ccc(OC(C)C)cc1. The number of unbranched alkanes of at least 4 members (excludes halogenated alkanes) is 1. The van der Waals surface area contributed by atoms with E-state index in [0.717, 1.165) is 45.0 Å². The van der Waals surface area contributed by atoms with Crippen LogP contribution < -0.4 is 15.4 Å². The molecule has 2 rings (SSSR count). The van der Waals surface area contributed by atoms with E-state index in [0.29, 0.717) is 6.04 Å². The molecular formula is C19H33N3O. The van der Waals surface area contributed by atoms with Crippen LogP contribution in [0.4, 0.5) is 0 Å². The number of benzene rings is 1. The van der Waals surface area contributed by atoms with Gasteiger partial charge in [0.1, 0.15) is 5.75 Å². The third-order valence-electron chi connectivity index (χ3n) is 4.23. The summed E-state index contributed by atoms with van der Waals surface area (Å²) in [5.41, 5.74) is 1.36. The highest BCUT2D eigenvalue weighted by atomic mass is 16.5. The van der Waals surface area contributed by atoms with Gasteiger partial charge in [0.05, 0.1) is 6.10 Å². The molecule has 1 fully saturated rings. The first-order chi connectivity index (χ1) is 11.2. The van der Waals surface area contributed by atoms with Crippen LogP contribution in [0.5, 0.6) is 5.75 Å². The molecule has 4 nitrogen and oxygen atoms in total. The maximum Gasteiger partial charge on any atom is 0.119 e. The highest BCUT2D eigenvalue weighted by molar-refractivity contribution is 5.29. The molecule has 1 saturated heterocycles. The van der Waals surface area contributed by atoms with Gasteiger partial charge in [0.2, 0.25) is 0 Å². The summed E-state index contributed by atoms with van der Waals surface area (Å²) in [5.74, 6) is 0.957. The van der Waals surface area contributed by atoms with E-state index in [-0.39, 0.29) is 6.10 Å². The summed E-state index contributed by atoms with van der Waals surface area (Å²) in [6.07, 6.45) is 2.68. The summed E-state index contributed by atoms with van der Waals surface area (Å²) in [6.45, 7) is 13.0. The van der Waals surface area contributed by atoms with Crippen LogP contribution in [-0.4, -0.2) is 50.3 Å². The van der Waals surface area contributed by atoms with E-state index in [4.69, 9.17) is 4.74 Å². The quantitative estimate of drug-likeness (QED) is 0.686. The molecule has 0 aromatic heterocycles.